The van der Waals surface area contributed by atoms with Crippen molar-refractivity contribution in [1.29, 1.82) is 0 Å². The Hall–Kier alpha value is -2.28. The van der Waals surface area contributed by atoms with Crippen LogP contribution in [0.1, 0.15) is 12.8 Å². The third-order valence-electron chi connectivity index (χ3n) is 2.95. The Bertz CT molecular complexity index is 707. The second-order valence-electron chi connectivity index (χ2n) is 4.63. The molecule has 1 aromatic heterocycles. The van der Waals surface area contributed by atoms with Crippen molar-refractivity contribution in [1.82, 2.24) is 14.3 Å². The molecule has 1 amide bonds. The van der Waals surface area contributed by atoms with Crippen LogP contribution in [-0.4, -0.2) is 20.3 Å². The molecule has 8 heteroatoms. The molecule has 0 aliphatic heterocycles. The van der Waals surface area contributed by atoms with E-state index in [9.17, 15) is 9.59 Å². The van der Waals surface area contributed by atoms with Crippen molar-refractivity contribution in [2.24, 2.45) is 7.05 Å². The van der Waals surface area contributed by atoms with Gasteiger partial charge in [-0.1, -0.05) is 11.6 Å². The molecule has 21 heavy (non-hydrogen) atoms. The highest BCUT2D eigenvalue weighted by Gasteiger charge is 2.07. The highest BCUT2D eigenvalue weighted by Crippen LogP contribution is 2.23. The van der Waals surface area contributed by atoms with Gasteiger partial charge < -0.3 is 11.1 Å². The summed E-state index contributed by atoms with van der Waals surface area (Å²) in [6, 6.07) is 4.88. The lowest BCUT2D eigenvalue weighted by molar-refractivity contribution is -0.116. The highest BCUT2D eigenvalue weighted by molar-refractivity contribution is 6.31. The van der Waals surface area contributed by atoms with E-state index < -0.39 is 0 Å². The van der Waals surface area contributed by atoms with E-state index >= 15 is 0 Å². The van der Waals surface area contributed by atoms with Crippen LogP contribution < -0.4 is 16.7 Å². The normalized spacial score (nSPS) is 10.6. The van der Waals surface area contributed by atoms with Crippen molar-refractivity contribution in [3.8, 4) is 0 Å². The molecule has 0 spiro atoms. The van der Waals surface area contributed by atoms with Gasteiger partial charge >= 0.3 is 5.69 Å². The first kappa shape index (κ1) is 15.1. The number of hydrogen-bond acceptors (Lipinski definition) is 4. The van der Waals surface area contributed by atoms with Gasteiger partial charge in [0.25, 0.3) is 0 Å². The fourth-order valence-electron chi connectivity index (χ4n) is 1.81. The lowest BCUT2D eigenvalue weighted by Crippen LogP contribution is -2.23. The lowest BCUT2D eigenvalue weighted by atomic mass is 10.2. The topological polar surface area (TPSA) is 94.9 Å². The van der Waals surface area contributed by atoms with Gasteiger partial charge in [-0.2, -0.15) is 5.10 Å². The minimum atomic E-state index is -0.200. The summed E-state index contributed by atoms with van der Waals surface area (Å²) in [5, 5.41) is 7.12. The van der Waals surface area contributed by atoms with E-state index in [0.717, 1.165) is 0 Å². The Morgan fingerprint density at radius 2 is 2.24 bits per heavy atom. The van der Waals surface area contributed by atoms with E-state index in [1.54, 1.807) is 25.2 Å². The zero-order valence-electron chi connectivity index (χ0n) is 11.5. The molecule has 0 fully saturated rings. The van der Waals surface area contributed by atoms with Crippen LogP contribution in [0.3, 0.4) is 0 Å². The van der Waals surface area contributed by atoms with Crippen molar-refractivity contribution in [2.75, 3.05) is 11.1 Å². The Balaban J connectivity index is 1.86. The first-order chi connectivity index (χ1) is 9.97. The van der Waals surface area contributed by atoms with Gasteiger partial charge in [0.1, 0.15) is 6.33 Å². The lowest BCUT2D eigenvalue weighted by Gasteiger charge is -2.08. The molecule has 1 heterocycles. The molecule has 0 aliphatic carbocycles. The SMILES string of the molecule is Cn1cnn(CCCC(=O)Nc2cc(Cl)ccc2N)c1=O. The van der Waals surface area contributed by atoms with E-state index in [-0.39, 0.29) is 18.0 Å². The maximum atomic E-state index is 11.8. The number of nitrogens with zero attached hydrogens (tertiary/aromatic N) is 3. The van der Waals surface area contributed by atoms with Gasteiger partial charge in [-0.15, -0.1) is 0 Å². The molecule has 0 bridgehead atoms. The van der Waals surface area contributed by atoms with Crippen molar-refractivity contribution < 1.29 is 4.79 Å². The monoisotopic (exact) mass is 309 g/mol. The molecule has 0 saturated carbocycles. The summed E-state index contributed by atoms with van der Waals surface area (Å²) in [4.78, 5) is 23.4. The number of nitrogens with two attached hydrogens (primary N) is 1. The van der Waals surface area contributed by atoms with Crippen LogP contribution in [0.4, 0.5) is 11.4 Å². The number of anilines is 2. The number of carbonyl (C=O) groups is 1. The molecule has 7 nitrogen and oxygen atoms in total. The van der Waals surface area contributed by atoms with Crippen LogP contribution in [0.15, 0.2) is 29.3 Å². The number of aryl methyl sites for hydroxylation is 2. The molecule has 2 aromatic rings. The molecule has 0 aliphatic rings. The summed E-state index contributed by atoms with van der Waals surface area (Å²) in [6.45, 7) is 0.387. The predicted molar refractivity (Wildman–Crippen MR) is 81.2 cm³/mol. The second kappa shape index (κ2) is 6.45. The zero-order valence-corrected chi connectivity index (χ0v) is 12.3. The maximum absolute atomic E-state index is 11.8. The van der Waals surface area contributed by atoms with Crippen molar-refractivity contribution >= 4 is 28.9 Å². The molecule has 0 radical (unpaired) electrons. The van der Waals surface area contributed by atoms with Crippen LogP contribution in [-0.2, 0) is 18.4 Å². The molecule has 112 valence electrons. The van der Waals surface area contributed by atoms with Gasteiger partial charge in [0.15, 0.2) is 0 Å². The standard InChI is InChI=1S/C13H16ClN5O2/c1-18-8-16-19(13(18)21)6-2-3-12(20)17-11-7-9(14)4-5-10(11)15/h4-5,7-8H,2-3,6,15H2,1H3,(H,17,20). The van der Waals surface area contributed by atoms with Crippen molar-refractivity contribution in [3.63, 3.8) is 0 Å². The number of nitrogens with one attached hydrogen (secondary N) is 1. The van der Waals surface area contributed by atoms with Gasteiger partial charge in [0.05, 0.1) is 11.4 Å². The Kier molecular flexibility index (Phi) is 4.64. The van der Waals surface area contributed by atoms with Gasteiger partial charge in [-0.05, 0) is 24.6 Å². The molecular weight excluding hydrogens is 294 g/mol. The molecule has 0 atom stereocenters. The molecule has 2 rings (SSSR count). The van der Waals surface area contributed by atoms with Crippen LogP contribution >= 0.6 is 11.6 Å². The average molecular weight is 310 g/mol. The van der Waals surface area contributed by atoms with Crippen LogP contribution in [0.5, 0.6) is 0 Å². The first-order valence-electron chi connectivity index (χ1n) is 6.40. The summed E-state index contributed by atoms with van der Waals surface area (Å²) in [7, 11) is 1.63. The zero-order chi connectivity index (χ0) is 15.4. The largest absolute Gasteiger partial charge is 0.397 e. The Labute approximate surface area is 126 Å². The molecule has 3 N–H and O–H groups in total. The van der Waals surface area contributed by atoms with Gasteiger partial charge in [0.2, 0.25) is 5.91 Å². The summed E-state index contributed by atoms with van der Waals surface area (Å²) >= 11 is 5.85. The number of benzene rings is 1. The molecule has 0 saturated heterocycles. The number of halogens is 1. The number of carbonyl (C=O) groups excluding carboxylic acids is 1. The summed E-state index contributed by atoms with van der Waals surface area (Å²) in [6.07, 6.45) is 2.20. The summed E-state index contributed by atoms with van der Waals surface area (Å²) in [5.74, 6) is -0.187. The maximum Gasteiger partial charge on any atom is 0.345 e. The Morgan fingerprint density at radius 3 is 2.90 bits per heavy atom. The minimum Gasteiger partial charge on any atom is -0.397 e. The van der Waals surface area contributed by atoms with Crippen LogP contribution in [0.2, 0.25) is 5.02 Å². The van der Waals surface area contributed by atoms with E-state index in [1.165, 1.54) is 15.6 Å². The fraction of sp³-hybridized carbons (Fsp3) is 0.308. The molecule has 1 aromatic carbocycles. The number of hydrogen-bond donors (Lipinski definition) is 2. The van der Waals surface area contributed by atoms with Crippen LogP contribution in [0.25, 0.3) is 0 Å². The predicted octanol–water partition coefficient (Wildman–Crippen LogP) is 1.24. The average Bonchev–Trinajstić information content (AvgIpc) is 2.75. The number of aromatic nitrogens is 3. The van der Waals surface area contributed by atoms with E-state index in [2.05, 4.69) is 10.4 Å². The van der Waals surface area contributed by atoms with Crippen molar-refractivity contribution in [3.05, 3.63) is 40.0 Å². The smallest absolute Gasteiger partial charge is 0.345 e. The van der Waals surface area contributed by atoms with Crippen LogP contribution in [0, 0.1) is 0 Å². The third kappa shape index (κ3) is 3.85. The Morgan fingerprint density at radius 1 is 1.48 bits per heavy atom. The number of amides is 1. The molecule has 0 unspecified atom stereocenters. The summed E-state index contributed by atoms with van der Waals surface area (Å²) in [5.41, 5.74) is 6.49. The third-order valence-corrected chi connectivity index (χ3v) is 3.19. The first-order valence-corrected chi connectivity index (χ1v) is 6.78. The summed E-state index contributed by atoms with van der Waals surface area (Å²) < 4.78 is 2.70. The van der Waals surface area contributed by atoms with Gasteiger partial charge in [0, 0.05) is 25.0 Å². The van der Waals surface area contributed by atoms with Gasteiger partial charge in [-0.25, -0.2) is 9.48 Å². The number of rotatable bonds is 5. The molecular formula is C13H16ClN5O2. The quantitative estimate of drug-likeness (QED) is 0.812. The van der Waals surface area contributed by atoms with Gasteiger partial charge in [-0.3, -0.25) is 9.36 Å². The minimum absolute atomic E-state index is 0.187. The van der Waals surface area contributed by atoms with E-state index in [4.69, 9.17) is 17.3 Å². The fourth-order valence-corrected chi connectivity index (χ4v) is 1.98. The highest BCUT2D eigenvalue weighted by atomic mass is 35.5. The van der Waals surface area contributed by atoms with E-state index in [0.29, 0.717) is 29.4 Å². The van der Waals surface area contributed by atoms with E-state index in [1.807, 2.05) is 0 Å². The van der Waals surface area contributed by atoms with Crippen molar-refractivity contribution in [2.45, 2.75) is 19.4 Å². The number of nitrogen functional groups attached to an aromatic ring is 1. The second-order valence-corrected chi connectivity index (χ2v) is 5.07.